The number of nitrogens with zero attached hydrogens (tertiary/aromatic N) is 1. The van der Waals surface area contributed by atoms with Crippen molar-refractivity contribution in [3.05, 3.63) is 29.6 Å². The van der Waals surface area contributed by atoms with Gasteiger partial charge in [0.25, 0.3) is 5.91 Å². The van der Waals surface area contributed by atoms with Crippen molar-refractivity contribution in [3.63, 3.8) is 0 Å². The van der Waals surface area contributed by atoms with Crippen LogP contribution in [0.2, 0.25) is 0 Å². The zero-order valence-electron chi connectivity index (χ0n) is 14.5. The molecule has 3 atom stereocenters. The van der Waals surface area contributed by atoms with Crippen LogP contribution in [-0.4, -0.2) is 15.9 Å². The van der Waals surface area contributed by atoms with E-state index in [0.29, 0.717) is 28.3 Å². The number of rotatable bonds is 2. The van der Waals surface area contributed by atoms with Gasteiger partial charge < -0.3 is 10.7 Å². The quantitative estimate of drug-likeness (QED) is 0.871. The van der Waals surface area contributed by atoms with E-state index in [1.807, 2.05) is 12.1 Å². The summed E-state index contributed by atoms with van der Waals surface area (Å²) in [6, 6.07) is 5.56. The highest BCUT2D eigenvalue weighted by Crippen LogP contribution is 2.45. The number of nitrogens with two attached hydrogens (primary N) is 1. The summed E-state index contributed by atoms with van der Waals surface area (Å²) in [4.78, 5) is 19.8. The standard InChI is InChI=1S/C19H27N3O/c1-11-10-12(19(2,3)4)8-9-13(11)18-21-15-7-5-6-14(17(20)23)16(15)22-18/h5-7,11-13H,8-10H2,1-4H3,(H2,20,23)(H,21,22). The molecule has 0 saturated heterocycles. The van der Waals surface area contributed by atoms with E-state index in [2.05, 4.69) is 32.7 Å². The van der Waals surface area contributed by atoms with Gasteiger partial charge in [0.05, 0.1) is 11.1 Å². The van der Waals surface area contributed by atoms with Crippen LogP contribution in [0.4, 0.5) is 0 Å². The van der Waals surface area contributed by atoms with Crippen molar-refractivity contribution in [3.8, 4) is 0 Å². The van der Waals surface area contributed by atoms with Gasteiger partial charge >= 0.3 is 0 Å². The minimum absolute atomic E-state index is 0.367. The number of carbonyl (C=O) groups excluding carboxylic acids is 1. The lowest BCUT2D eigenvalue weighted by Gasteiger charge is -2.40. The van der Waals surface area contributed by atoms with E-state index in [9.17, 15) is 4.79 Å². The number of nitrogens with one attached hydrogen (secondary N) is 1. The second-order valence-corrected chi connectivity index (χ2v) is 8.15. The van der Waals surface area contributed by atoms with Crippen LogP contribution in [0.3, 0.4) is 0 Å². The molecule has 0 aliphatic heterocycles. The molecule has 0 bridgehead atoms. The van der Waals surface area contributed by atoms with Gasteiger partial charge in [-0.25, -0.2) is 4.98 Å². The van der Waals surface area contributed by atoms with E-state index >= 15 is 0 Å². The molecule has 1 aromatic heterocycles. The summed E-state index contributed by atoms with van der Waals surface area (Å²) in [5.74, 6) is 2.37. The highest BCUT2D eigenvalue weighted by molar-refractivity contribution is 6.04. The summed E-state index contributed by atoms with van der Waals surface area (Å²) >= 11 is 0. The van der Waals surface area contributed by atoms with Gasteiger partial charge in [0, 0.05) is 5.92 Å². The minimum atomic E-state index is -0.418. The van der Waals surface area contributed by atoms with Crippen LogP contribution >= 0.6 is 0 Å². The Labute approximate surface area is 137 Å². The molecule has 1 aliphatic carbocycles. The largest absolute Gasteiger partial charge is 0.366 e. The number of aromatic nitrogens is 2. The van der Waals surface area contributed by atoms with Gasteiger partial charge in [-0.15, -0.1) is 0 Å². The van der Waals surface area contributed by atoms with E-state index in [-0.39, 0.29) is 0 Å². The van der Waals surface area contributed by atoms with E-state index in [1.165, 1.54) is 12.8 Å². The predicted octanol–water partition coefficient (Wildman–Crippen LogP) is 4.23. The van der Waals surface area contributed by atoms with Gasteiger partial charge in [0.1, 0.15) is 11.3 Å². The summed E-state index contributed by atoms with van der Waals surface area (Å²) < 4.78 is 0. The first-order chi connectivity index (χ1) is 10.8. The van der Waals surface area contributed by atoms with E-state index in [0.717, 1.165) is 23.7 Å². The topological polar surface area (TPSA) is 71.8 Å². The SMILES string of the molecule is CC1CC(C(C)(C)C)CCC1c1nc2c(C(N)=O)cccc2[nH]1. The molecular weight excluding hydrogens is 286 g/mol. The maximum Gasteiger partial charge on any atom is 0.250 e. The zero-order chi connectivity index (χ0) is 16.8. The molecule has 3 rings (SSSR count). The first-order valence-electron chi connectivity index (χ1n) is 8.56. The smallest absolute Gasteiger partial charge is 0.250 e. The van der Waals surface area contributed by atoms with Gasteiger partial charge in [-0.3, -0.25) is 4.79 Å². The molecule has 1 amide bonds. The molecule has 1 aliphatic rings. The summed E-state index contributed by atoms with van der Waals surface area (Å²) in [5.41, 5.74) is 7.95. The van der Waals surface area contributed by atoms with Crippen LogP contribution in [0.5, 0.6) is 0 Å². The number of primary amides is 1. The number of aromatic amines is 1. The molecule has 4 nitrogen and oxygen atoms in total. The number of imidazole rings is 1. The van der Waals surface area contributed by atoms with E-state index < -0.39 is 5.91 Å². The molecule has 1 saturated carbocycles. The monoisotopic (exact) mass is 313 g/mol. The molecule has 23 heavy (non-hydrogen) atoms. The fraction of sp³-hybridized carbons (Fsp3) is 0.579. The molecule has 1 heterocycles. The number of H-pyrrole nitrogens is 1. The third-order valence-electron chi connectivity index (χ3n) is 5.54. The highest BCUT2D eigenvalue weighted by atomic mass is 16.1. The van der Waals surface area contributed by atoms with E-state index in [1.54, 1.807) is 6.07 Å². The number of hydrogen-bond acceptors (Lipinski definition) is 2. The van der Waals surface area contributed by atoms with Crippen LogP contribution in [0.25, 0.3) is 11.0 Å². The van der Waals surface area contributed by atoms with Gasteiger partial charge in [-0.05, 0) is 48.6 Å². The molecule has 1 aromatic carbocycles. The Balaban J connectivity index is 1.90. The average molecular weight is 313 g/mol. The zero-order valence-corrected chi connectivity index (χ0v) is 14.5. The Morgan fingerprint density at radius 1 is 1.30 bits per heavy atom. The Bertz CT molecular complexity index is 726. The summed E-state index contributed by atoms with van der Waals surface area (Å²) in [7, 11) is 0. The van der Waals surface area contributed by atoms with Gasteiger partial charge in [-0.1, -0.05) is 33.8 Å². The average Bonchev–Trinajstić information content (AvgIpc) is 2.89. The minimum Gasteiger partial charge on any atom is -0.366 e. The predicted molar refractivity (Wildman–Crippen MR) is 93.3 cm³/mol. The van der Waals surface area contributed by atoms with Gasteiger partial charge in [0.15, 0.2) is 0 Å². The molecule has 124 valence electrons. The molecule has 0 radical (unpaired) electrons. The van der Waals surface area contributed by atoms with Gasteiger partial charge in [0.2, 0.25) is 0 Å². The van der Waals surface area contributed by atoms with Crippen LogP contribution in [-0.2, 0) is 0 Å². The molecule has 4 heteroatoms. The molecule has 0 spiro atoms. The number of carbonyl (C=O) groups is 1. The van der Waals surface area contributed by atoms with Crippen LogP contribution in [0.15, 0.2) is 18.2 Å². The van der Waals surface area contributed by atoms with Gasteiger partial charge in [-0.2, -0.15) is 0 Å². The van der Waals surface area contributed by atoms with Crippen molar-refractivity contribution in [2.75, 3.05) is 0 Å². The number of hydrogen-bond donors (Lipinski definition) is 2. The Hall–Kier alpha value is -1.84. The van der Waals surface area contributed by atoms with Crippen LogP contribution in [0, 0.1) is 17.3 Å². The lowest BCUT2D eigenvalue weighted by atomic mass is 9.66. The number of para-hydroxylation sites is 1. The maximum absolute atomic E-state index is 11.6. The Morgan fingerprint density at radius 2 is 2.04 bits per heavy atom. The van der Waals surface area contributed by atoms with Crippen LogP contribution < -0.4 is 5.73 Å². The Morgan fingerprint density at radius 3 is 2.65 bits per heavy atom. The van der Waals surface area contributed by atoms with Crippen molar-refractivity contribution in [2.45, 2.75) is 52.9 Å². The third kappa shape index (κ3) is 2.99. The Kier molecular flexibility index (Phi) is 3.95. The second kappa shape index (κ2) is 5.66. The maximum atomic E-state index is 11.6. The number of amides is 1. The molecule has 2 aromatic rings. The normalized spacial score (nSPS) is 25.7. The first-order valence-corrected chi connectivity index (χ1v) is 8.56. The lowest BCUT2D eigenvalue weighted by Crippen LogP contribution is -2.30. The molecular formula is C19H27N3O. The first kappa shape index (κ1) is 16.0. The fourth-order valence-corrected chi connectivity index (χ4v) is 4.01. The third-order valence-corrected chi connectivity index (χ3v) is 5.54. The van der Waals surface area contributed by atoms with E-state index in [4.69, 9.17) is 10.7 Å². The molecule has 3 unspecified atom stereocenters. The van der Waals surface area contributed by atoms with Crippen molar-refractivity contribution >= 4 is 16.9 Å². The van der Waals surface area contributed by atoms with Crippen molar-refractivity contribution in [2.24, 2.45) is 23.0 Å². The summed E-state index contributed by atoms with van der Waals surface area (Å²) in [6.45, 7) is 9.34. The summed E-state index contributed by atoms with van der Waals surface area (Å²) in [6.07, 6.45) is 3.61. The number of fused-ring (bicyclic) bond motifs is 1. The van der Waals surface area contributed by atoms with Crippen molar-refractivity contribution in [1.29, 1.82) is 0 Å². The lowest BCUT2D eigenvalue weighted by molar-refractivity contribution is 0.100. The van der Waals surface area contributed by atoms with Crippen molar-refractivity contribution in [1.82, 2.24) is 9.97 Å². The highest BCUT2D eigenvalue weighted by Gasteiger charge is 2.35. The molecule has 3 N–H and O–H groups in total. The van der Waals surface area contributed by atoms with Crippen molar-refractivity contribution < 1.29 is 4.79 Å². The molecule has 1 fully saturated rings. The summed E-state index contributed by atoms with van der Waals surface area (Å²) in [5, 5.41) is 0. The number of benzene rings is 1. The fourth-order valence-electron chi connectivity index (χ4n) is 4.01. The second-order valence-electron chi connectivity index (χ2n) is 8.15. The van der Waals surface area contributed by atoms with Crippen LogP contribution in [0.1, 0.15) is 69.1 Å².